The highest BCUT2D eigenvalue weighted by atomic mass is 35.5. The van der Waals surface area contributed by atoms with Gasteiger partial charge in [-0.1, -0.05) is 23.7 Å². The molecule has 0 atom stereocenters. The number of carbonyl (C=O) groups is 1. The summed E-state index contributed by atoms with van der Waals surface area (Å²) >= 11 is 5.92. The number of piperidine rings is 1. The number of rotatable bonds is 3. The normalized spacial score (nSPS) is 14.4. The first kappa shape index (κ1) is 16.8. The van der Waals surface area contributed by atoms with Crippen LogP contribution in [0.1, 0.15) is 29.8 Å². The van der Waals surface area contributed by atoms with Crippen LogP contribution in [0.3, 0.4) is 0 Å². The molecule has 6 heteroatoms. The molecule has 4 rings (SSSR count). The minimum absolute atomic E-state index is 0.258. The lowest BCUT2D eigenvalue weighted by molar-refractivity contribution is 0.102. The number of halogens is 1. The number of para-hydroxylation sites is 2. The molecule has 132 valence electrons. The van der Waals surface area contributed by atoms with Gasteiger partial charge in [0, 0.05) is 23.8 Å². The standard InChI is InChI=1S/C20H19ClN4O/c21-14-8-10-15(11-9-14)22-20(26)18-19(25-12-4-1-5-13-25)24-17-7-3-2-6-16(17)23-18/h2-3,6-11H,1,4-5,12-13H2,(H,22,26). The zero-order valence-corrected chi connectivity index (χ0v) is 15.0. The maximum absolute atomic E-state index is 12.9. The number of benzene rings is 2. The number of amides is 1. The zero-order valence-electron chi connectivity index (χ0n) is 14.3. The summed E-state index contributed by atoms with van der Waals surface area (Å²) in [6, 6.07) is 14.7. The van der Waals surface area contributed by atoms with Crippen molar-refractivity contribution in [3.05, 3.63) is 59.2 Å². The van der Waals surface area contributed by atoms with Gasteiger partial charge in [-0.05, 0) is 55.7 Å². The van der Waals surface area contributed by atoms with Crippen molar-refractivity contribution in [2.24, 2.45) is 0 Å². The molecule has 1 fully saturated rings. The largest absolute Gasteiger partial charge is 0.355 e. The van der Waals surface area contributed by atoms with Crippen LogP contribution in [0.5, 0.6) is 0 Å². The maximum Gasteiger partial charge on any atom is 0.278 e. The van der Waals surface area contributed by atoms with Crippen molar-refractivity contribution in [3.8, 4) is 0 Å². The van der Waals surface area contributed by atoms with Crippen molar-refractivity contribution >= 4 is 40.0 Å². The Bertz CT molecular complexity index is 936. The van der Waals surface area contributed by atoms with Crippen molar-refractivity contribution in [1.29, 1.82) is 0 Å². The van der Waals surface area contributed by atoms with E-state index in [0.717, 1.165) is 37.0 Å². The summed E-state index contributed by atoms with van der Waals surface area (Å²) in [5.74, 6) is 0.404. The lowest BCUT2D eigenvalue weighted by atomic mass is 10.1. The van der Waals surface area contributed by atoms with Crippen LogP contribution in [0.2, 0.25) is 5.02 Å². The molecule has 2 heterocycles. The predicted molar refractivity (Wildman–Crippen MR) is 105 cm³/mol. The van der Waals surface area contributed by atoms with E-state index in [9.17, 15) is 4.79 Å². The number of fused-ring (bicyclic) bond motifs is 1. The minimum atomic E-state index is -0.258. The van der Waals surface area contributed by atoms with Crippen molar-refractivity contribution in [2.45, 2.75) is 19.3 Å². The Morgan fingerprint density at radius 2 is 1.58 bits per heavy atom. The molecule has 0 saturated carbocycles. The summed E-state index contributed by atoms with van der Waals surface area (Å²) in [5, 5.41) is 3.53. The summed E-state index contributed by atoms with van der Waals surface area (Å²) in [7, 11) is 0. The van der Waals surface area contributed by atoms with Gasteiger partial charge in [-0.25, -0.2) is 9.97 Å². The van der Waals surface area contributed by atoms with Crippen LogP contribution in [0, 0.1) is 0 Å². The van der Waals surface area contributed by atoms with E-state index in [-0.39, 0.29) is 5.91 Å². The Hall–Kier alpha value is -2.66. The molecule has 1 saturated heterocycles. The summed E-state index contributed by atoms with van der Waals surface area (Å²) in [6.45, 7) is 1.79. The van der Waals surface area contributed by atoms with Crippen LogP contribution in [0.4, 0.5) is 11.5 Å². The van der Waals surface area contributed by atoms with Crippen molar-refractivity contribution in [3.63, 3.8) is 0 Å². The first-order valence-electron chi connectivity index (χ1n) is 8.79. The monoisotopic (exact) mass is 366 g/mol. The van der Waals surface area contributed by atoms with Crippen molar-refractivity contribution in [2.75, 3.05) is 23.3 Å². The molecule has 1 aliphatic rings. The molecular formula is C20H19ClN4O. The van der Waals surface area contributed by atoms with E-state index in [2.05, 4.69) is 15.2 Å². The SMILES string of the molecule is O=C(Nc1ccc(Cl)cc1)c1nc2ccccc2nc1N1CCCCC1. The molecular weight excluding hydrogens is 348 g/mol. The van der Waals surface area contributed by atoms with Gasteiger partial charge in [0.2, 0.25) is 0 Å². The van der Waals surface area contributed by atoms with Gasteiger partial charge >= 0.3 is 0 Å². The van der Waals surface area contributed by atoms with E-state index < -0.39 is 0 Å². The van der Waals surface area contributed by atoms with Crippen LogP contribution in [0.15, 0.2) is 48.5 Å². The highest BCUT2D eigenvalue weighted by Gasteiger charge is 2.22. The molecule has 0 unspecified atom stereocenters. The number of hydrogen-bond acceptors (Lipinski definition) is 4. The van der Waals surface area contributed by atoms with E-state index in [1.807, 2.05) is 24.3 Å². The Kier molecular flexibility index (Phi) is 4.71. The molecule has 0 aliphatic carbocycles. The fourth-order valence-electron chi connectivity index (χ4n) is 3.19. The van der Waals surface area contributed by atoms with E-state index in [4.69, 9.17) is 16.6 Å². The van der Waals surface area contributed by atoms with Gasteiger partial charge in [0.25, 0.3) is 5.91 Å². The Balaban J connectivity index is 1.73. The summed E-state index contributed by atoms with van der Waals surface area (Å²) in [5.41, 5.74) is 2.56. The maximum atomic E-state index is 12.9. The third kappa shape index (κ3) is 3.48. The van der Waals surface area contributed by atoms with Gasteiger partial charge < -0.3 is 10.2 Å². The number of nitrogens with one attached hydrogen (secondary N) is 1. The lowest BCUT2D eigenvalue weighted by Crippen LogP contribution is -2.33. The quantitative estimate of drug-likeness (QED) is 0.740. The van der Waals surface area contributed by atoms with Gasteiger partial charge in [-0.2, -0.15) is 0 Å². The average molecular weight is 367 g/mol. The van der Waals surface area contributed by atoms with E-state index in [0.29, 0.717) is 22.2 Å². The van der Waals surface area contributed by atoms with Crippen LogP contribution in [-0.2, 0) is 0 Å². The first-order valence-corrected chi connectivity index (χ1v) is 9.17. The fourth-order valence-corrected chi connectivity index (χ4v) is 3.32. The molecule has 0 spiro atoms. The first-order chi connectivity index (χ1) is 12.7. The molecule has 1 N–H and O–H groups in total. The Morgan fingerprint density at radius 3 is 2.27 bits per heavy atom. The average Bonchev–Trinajstić information content (AvgIpc) is 2.69. The lowest BCUT2D eigenvalue weighted by Gasteiger charge is -2.29. The third-order valence-electron chi connectivity index (χ3n) is 4.52. The fraction of sp³-hybridized carbons (Fsp3) is 0.250. The minimum Gasteiger partial charge on any atom is -0.355 e. The molecule has 1 amide bonds. The Labute approximate surface area is 157 Å². The van der Waals surface area contributed by atoms with Crippen molar-refractivity contribution < 1.29 is 4.79 Å². The topological polar surface area (TPSA) is 58.1 Å². The molecule has 0 radical (unpaired) electrons. The summed E-state index contributed by atoms with van der Waals surface area (Å²) < 4.78 is 0. The van der Waals surface area contributed by atoms with Crippen LogP contribution < -0.4 is 10.2 Å². The van der Waals surface area contributed by atoms with E-state index in [1.54, 1.807) is 24.3 Å². The highest BCUT2D eigenvalue weighted by Crippen LogP contribution is 2.25. The van der Waals surface area contributed by atoms with Gasteiger partial charge in [-0.3, -0.25) is 4.79 Å². The number of nitrogens with zero attached hydrogens (tertiary/aromatic N) is 3. The van der Waals surface area contributed by atoms with Gasteiger partial charge in [0.1, 0.15) is 0 Å². The molecule has 1 aliphatic heterocycles. The van der Waals surface area contributed by atoms with E-state index in [1.165, 1.54) is 6.42 Å². The molecule has 2 aromatic carbocycles. The zero-order chi connectivity index (χ0) is 17.9. The van der Waals surface area contributed by atoms with Crippen LogP contribution in [0.25, 0.3) is 11.0 Å². The molecule has 26 heavy (non-hydrogen) atoms. The van der Waals surface area contributed by atoms with Crippen molar-refractivity contribution in [1.82, 2.24) is 9.97 Å². The van der Waals surface area contributed by atoms with E-state index >= 15 is 0 Å². The molecule has 1 aromatic heterocycles. The molecule has 0 bridgehead atoms. The van der Waals surface area contributed by atoms with Gasteiger partial charge in [0.15, 0.2) is 11.5 Å². The van der Waals surface area contributed by atoms with Gasteiger partial charge in [-0.15, -0.1) is 0 Å². The molecule has 5 nitrogen and oxygen atoms in total. The second kappa shape index (κ2) is 7.30. The van der Waals surface area contributed by atoms with Gasteiger partial charge in [0.05, 0.1) is 11.0 Å². The van der Waals surface area contributed by atoms with Crippen LogP contribution in [-0.4, -0.2) is 29.0 Å². The highest BCUT2D eigenvalue weighted by molar-refractivity contribution is 6.30. The number of aromatic nitrogens is 2. The number of anilines is 2. The smallest absolute Gasteiger partial charge is 0.278 e. The number of hydrogen-bond donors (Lipinski definition) is 1. The second-order valence-electron chi connectivity index (χ2n) is 6.39. The number of carbonyl (C=O) groups excluding carboxylic acids is 1. The summed E-state index contributed by atoms with van der Waals surface area (Å²) in [4.78, 5) is 24.5. The third-order valence-corrected chi connectivity index (χ3v) is 4.78. The molecule has 3 aromatic rings. The summed E-state index contributed by atoms with van der Waals surface area (Å²) in [6.07, 6.45) is 3.42. The second-order valence-corrected chi connectivity index (χ2v) is 6.83. The predicted octanol–water partition coefficient (Wildman–Crippen LogP) is 4.53. The van der Waals surface area contributed by atoms with Crippen LogP contribution >= 0.6 is 11.6 Å². The Morgan fingerprint density at radius 1 is 0.923 bits per heavy atom.